The molecule has 1 fully saturated rings. The van der Waals surface area contributed by atoms with Gasteiger partial charge in [-0.15, -0.1) is 0 Å². The van der Waals surface area contributed by atoms with E-state index in [1.54, 1.807) is 18.7 Å². The topological polar surface area (TPSA) is 59.3 Å². The maximum Gasteiger partial charge on any atom is 0.328 e. The summed E-state index contributed by atoms with van der Waals surface area (Å²) in [5.74, 6) is -0.182. The van der Waals surface area contributed by atoms with Crippen molar-refractivity contribution in [3.8, 4) is 0 Å². The van der Waals surface area contributed by atoms with Crippen molar-refractivity contribution in [3.05, 3.63) is 36.0 Å². The quantitative estimate of drug-likeness (QED) is 0.783. The summed E-state index contributed by atoms with van der Waals surface area (Å²) >= 11 is 0. The summed E-state index contributed by atoms with van der Waals surface area (Å²) in [6.45, 7) is 4.22. The van der Waals surface area contributed by atoms with Crippen LogP contribution in [0.15, 0.2) is 30.3 Å². The van der Waals surface area contributed by atoms with Crippen LogP contribution in [-0.4, -0.2) is 46.1 Å². The van der Waals surface area contributed by atoms with E-state index in [1.165, 1.54) is 4.90 Å². The average molecular weight is 352 g/mol. The molecular weight excluding hydrogens is 328 g/mol. The van der Waals surface area contributed by atoms with Crippen LogP contribution in [0.2, 0.25) is 0 Å². The highest BCUT2D eigenvalue weighted by molar-refractivity contribution is 6.14. The van der Waals surface area contributed by atoms with E-state index in [0.29, 0.717) is 5.69 Å². The molecule has 0 unspecified atom stereocenters. The van der Waals surface area contributed by atoms with Gasteiger partial charge in [0.25, 0.3) is 5.91 Å². The normalized spacial score (nSPS) is 14.3. The largest absolute Gasteiger partial charge is 0.348 e. The van der Waals surface area contributed by atoms with Crippen LogP contribution in [0.4, 0.5) is 4.79 Å². The summed E-state index contributed by atoms with van der Waals surface area (Å²) in [5.41, 5.74) is 3.19. The lowest BCUT2D eigenvalue weighted by molar-refractivity contribution is 0.0942. The second-order valence-electron chi connectivity index (χ2n) is 7.50. The zero-order valence-electron chi connectivity index (χ0n) is 15.6. The number of hydrogen-bond donors (Lipinski definition) is 1. The fourth-order valence-corrected chi connectivity index (χ4v) is 3.56. The van der Waals surface area contributed by atoms with E-state index >= 15 is 0 Å². The maximum absolute atomic E-state index is 13.0. The molecule has 0 radical (unpaired) electrons. The third kappa shape index (κ3) is 2.48. The molecule has 1 N–H and O–H groups in total. The number of rotatable bonds is 3. The van der Waals surface area contributed by atoms with Gasteiger partial charge in [-0.3, -0.25) is 9.36 Å². The number of nitrogens with one attached hydrogen (secondary N) is 1. The molecule has 6 heteroatoms. The molecule has 136 valence electrons. The molecule has 4 rings (SSSR count). The van der Waals surface area contributed by atoms with Crippen molar-refractivity contribution in [3.63, 3.8) is 0 Å². The van der Waals surface area contributed by atoms with E-state index in [-0.39, 0.29) is 24.0 Å². The van der Waals surface area contributed by atoms with Crippen molar-refractivity contribution in [1.82, 2.24) is 19.4 Å². The highest BCUT2D eigenvalue weighted by atomic mass is 16.2. The van der Waals surface area contributed by atoms with Crippen molar-refractivity contribution in [1.29, 1.82) is 0 Å². The van der Waals surface area contributed by atoms with E-state index in [0.717, 1.165) is 34.8 Å². The summed E-state index contributed by atoms with van der Waals surface area (Å²) in [7, 11) is 3.41. The van der Waals surface area contributed by atoms with Crippen LogP contribution in [0.3, 0.4) is 0 Å². The summed E-state index contributed by atoms with van der Waals surface area (Å²) in [5, 5.41) is 4.00. The Labute approximate surface area is 152 Å². The smallest absolute Gasteiger partial charge is 0.328 e. The van der Waals surface area contributed by atoms with Crippen LogP contribution in [0, 0.1) is 0 Å². The summed E-state index contributed by atoms with van der Waals surface area (Å²) in [6, 6.07) is 10.1. The van der Waals surface area contributed by atoms with Gasteiger partial charge in [0.1, 0.15) is 5.69 Å². The Balaban J connectivity index is 2.05. The molecule has 1 aliphatic carbocycles. The van der Waals surface area contributed by atoms with Crippen LogP contribution in [0.1, 0.15) is 43.2 Å². The first kappa shape index (κ1) is 16.7. The molecule has 3 aromatic rings. The van der Waals surface area contributed by atoms with Gasteiger partial charge in [-0.2, -0.15) is 0 Å². The van der Waals surface area contributed by atoms with Crippen molar-refractivity contribution in [2.24, 2.45) is 0 Å². The molecule has 0 aliphatic heterocycles. The lowest BCUT2D eigenvalue weighted by atomic mass is 10.2. The second kappa shape index (κ2) is 5.90. The van der Waals surface area contributed by atoms with Crippen LogP contribution in [-0.2, 0) is 0 Å². The zero-order chi connectivity index (χ0) is 18.6. The second-order valence-corrected chi connectivity index (χ2v) is 7.50. The molecule has 2 heterocycles. The summed E-state index contributed by atoms with van der Waals surface area (Å²) in [4.78, 5) is 27.3. The molecule has 0 spiro atoms. The fraction of sp³-hybridized carbons (Fsp3) is 0.400. The fourth-order valence-electron chi connectivity index (χ4n) is 3.56. The van der Waals surface area contributed by atoms with E-state index in [4.69, 9.17) is 0 Å². The predicted molar refractivity (Wildman–Crippen MR) is 103 cm³/mol. The van der Waals surface area contributed by atoms with Crippen LogP contribution in [0.5, 0.6) is 0 Å². The van der Waals surface area contributed by atoms with Gasteiger partial charge in [0.05, 0.1) is 16.6 Å². The SMILES string of the molecule is CC(C)n1c2ccccc2c2c1cc(C(=O)NC1CC1)n2C(=O)N(C)C. The van der Waals surface area contributed by atoms with E-state index in [1.807, 2.05) is 24.3 Å². The van der Waals surface area contributed by atoms with Crippen molar-refractivity contribution in [2.45, 2.75) is 38.8 Å². The van der Waals surface area contributed by atoms with Gasteiger partial charge in [-0.1, -0.05) is 18.2 Å². The van der Waals surface area contributed by atoms with Gasteiger partial charge in [-0.25, -0.2) is 4.79 Å². The van der Waals surface area contributed by atoms with E-state index < -0.39 is 0 Å². The minimum atomic E-state index is -0.215. The minimum Gasteiger partial charge on any atom is -0.348 e. The first-order valence-electron chi connectivity index (χ1n) is 9.07. The van der Waals surface area contributed by atoms with Crippen molar-refractivity contribution in [2.75, 3.05) is 14.1 Å². The Morgan fingerprint density at radius 2 is 1.85 bits per heavy atom. The molecular formula is C20H24N4O2. The van der Waals surface area contributed by atoms with Gasteiger partial charge >= 0.3 is 6.03 Å². The molecule has 1 aromatic carbocycles. The summed E-state index contributed by atoms with van der Waals surface area (Å²) in [6.07, 6.45) is 2.02. The first-order valence-corrected chi connectivity index (χ1v) is 9.07. The molecule has 1 aliphatic rings. The van der Waals surface area contributed by atoms with Gasteiger partial charge in [-0.05, 0) is 38.8 Å². The molecule has 6 nitrogen and oxygen atoms in total. The lowest BCUT2D eigenvalue weighted by Gasteiger charge is -2.15. The number of amides is 2. The molecule has 0 saturated heterocycles. The molecule has 2 aromatic heterocycles. The molecule has 1 saturated carbocycles. The van der Waals surface area contributed by atoms with Crippen LogP contribution < -0.4 is 5.32 Å². The number of hydrogen-bond acceptors (Lipinski definition) is 2. The number of fused-ring (bicyclic) bond motifs is 3. The number of nitrogens with zero attached hydrogens (tertiary/aromatic N) is 3. The number of aromatic nitrogens is 2. The lowest BCUT2D eigenvalue weighted by Crippen LogP contribution is -2.33. The number of benzene rings is 1. The van der Waals surface area contributed by atoms with Crippen LogP contribution in [0.25, 0.3) is 21.9 Å². The molecule has 2 amide bonds. The standard InChI is InChI=1S/C20H24N4O2/c1-12(2)23-15-8-6-5-7-14(15)18-16(23)11-17(19(25)21-13-9-10-13)24(18)20(26)22(3)4/h5-8,11-13H,9-10H2,1-4H3,(H,21,25). The van der Waals surface area contributed by atoms with Crippen molar-refractivity contribution >= 4 is 33.9 Å². The van der Waals surface area contributed by atoms with Gasteiger partial charge < -0.3 is 14.8 Å². The number of carbonyl (C=O) groups is 2. The third-order valence-electron chi connectivity index (χ3n) is 4.89. The number of carbonyl (C=O) groups excluding carboxylic acids is 2. The maximum atomic E-state index is 13.0. The van der Waals surface area contributed by atoms with Crippen LogP contribution >= 0.6 is 0 Å². The Morgan fingerprint density at radius 1 is 1.15 bits per heavy atom. The van der Waals surface area contributed by atoms with Gasteiger partial charge in [0.15, 0.2) is 0 Å². The monoisotopic (exact) mass is 352 g/mol. The van der Waals surface area contributed by atoms with Gasteiger partial charge in [0.2, 0.25) is 0 Å². The Kier molecular flexibility index (Phi) is 3.79. The zero-order valence-corrected chi connectivity index (χ0v) is 15.6. The molecule has 0 bridgehead atoms. The Hall–Kier alpha value is -2.76. The highest BCUT2D eigenvalue weighted by Gasteiger charge is 2.30. The summed E-state index contributed by atoms with van der Waals surface area (Å²) < 4.78 is 3.76. The highest BCUT2D eigenvalue weighted by Crippen LogP contribution is 2.34. The van der Waals surface area contributed by atoms with Gasteiger partial charge in [0, 0.05) is 31.6 Å². The predicted octanol–water partition coefficient (Wildman–Crippen LogP) is 3.60. The molecule has 0 atom stereocenters. The number of para-hydroxylation sites is 1. The van der Waals surface area contributed by atoms with E-state index in [9.17, 15) is 9.59 Å². The van der Waals surface area contributed by atoms with Crippen molar-refractivity contribution < 1.29 is 9.59 Å². The Morgan fingerprint density at radius 3 is 2.46 bits per heavy atom. The third-order valence-corrected chi connectivity index (χ3v) is 4.89. The minimum absolute atomic E-state index is 0.182. The Bertz CT molecular complexity index is 1020. The molecule has 26 heavy (non-hydrogen) atoms. The van der Waals surface area contributed by atoms with E-state index in [2.05, 4.69) is 29.8 Å². The first-order chi connectivity index (χ1) is 12.4. The average Bonchev–Trinajstić information content (AvgIpc) is 3.22.